The summed E-state index contributed by atoms with van der Waals surface area (Å²) in [6.45, 7) is 9.44. The van der Waals surface area contributed by atoms with Crippen LogP contribution in [-0.4, -0.2) is 0 Å². The Labute approximate surface area is 65.0 Å². The Kier molecular flexibility index (Phi) is 2.07. The van der Waals surface area contributed by atoms with E-state index in [9.17, 15) is 0 Å². The lowest BCUT2D eigenvalue weighted by Crippen LogP contribution is -2.10. The summed E-state index contributed by atoms with van der Waals surface area (Å²) >= 11 is 0. The zero-order chi connectivity index (χ0) is 7.78. The largest absolute Gasteiger partial charge is 0.0649 e. The van der Waals surface area contributed by atoms with Crippen LogP contribution in [0.15, 0.2) is 0 Å². The van der Waals surface area contributed by atoms with Crippen molar-refractivity contribution in [1.82, 2.24) is 0 Å². The van der Waals surface area contributed by atoms with Crippen molar-refractivity contribution in [2.45, 2.75) is 47.0 Å². The van der Waals surface area contributed by atoms with Crippen LogP contribution in [0.3, 0.4) is 0 Å². The van der Waals surface area contributed by atoms with Gasteiger partial charge in [0.2, 0.25) is 0 Å². The van der Waals surface area contributed by atoms with Crippen LogP contribution in [0, 0.1) is 17.3 Å². The van der Waals surface area contributed by atoms with Gasteiger partial charge < -0.3 is 0 Å². The van der Waals surface area contributed by atoms with Gasteiger partial charge in [0.15, 0.2) is 0 Å². The standard InChI is InChI=1S/C10H20/c1-5-10(3,4)7-9-6-8(9)2/h8-9H,5-7H2,1-4H3. The Balaban J connectivity index is 2.24. The highest BCUT2D eigenvalue weighted by molar-refractivity contribution is 4.86. The molecule has 0 aromatic rings. The van der Waals surface area contributed by atoms with E-state index < -0.39 is 0 Å². The molecule has 0 N–H and O–H groups in total. The summed E-state index contributed by atoms with van der Waals surface area (Å²) in [4.78, 5) is 0. The minimum absolute atomic E-state index is 0.607. The van der Waals surface area contributed by atoms with E-state index in [2.05, 4.69) is 27.7 Å². The molecule has 0 aliphatic heterocycles. The van der Waals surface area contributed by atoms with Crippen LogP contribution in [0.1, 0.15) is 47.0 Å². The smallest absolute Gasteiger partial charge is 0.0354 e. The molecular weight excluding hydrogens is 120 g/mol. The predicted octanol–water partition coefficient (Wildman–Crippen LogP) is 3.47. The minimum atomic E-state index is 0.607. The van der Waals surface area contributed by atoms with Gasteiger partial charge in [-0.1, -0.05) is 34.1 Å². The molecule has 0 heterocycles. The molecule has 0 amide bonds. The first kappa shape index (κ1) is 8.10. The molecule has 1 aliphatic rings. The molecule has 0 nitrogen and oxygen atoms in total. The van der Waals surface area contributed by atoms with Crippen molar-refractivity contribution in [2.75, 3.05) is 0 Å². The first-order valence-electron chi connectivity index (χ1n) is 4.55. The Morgan fingerprint density at radius 3 is 2.20 bits per heavy atom. The van der Waals surface area contributed by atoms with Gasteiger partial charge in [-0.15, -0.1) is 0 Å². The van der Waals surface area contributed by atoms with Crippen molar-refractivity contribution < 1.29 is 0 Å². The summed E-state index contributed by atoms with van der Waals surface area (Å²) in [5.74, 6) is 2.10. The zero-order valence-corrected chi connectivity index (χ0v) is 7.78. The van der Waals surface area contributed by atoms with Crippen molar-refractivity contribution in [1.29, 1.82) is 0 Å². The molecule has 2 unspecified atom stereocenters. The van der Waals surface area contributed by atoms with Gasteiger partial charge in [0.05, 0.1) is 0 Å². The van der Waals surface area contributed by atoms with Crippen molar-refractivity contribution in [3.05, 3.63) is 0 Å². The van der Waals surface area contributed by atoms with E-state index in [-0.39, 0.29) is 0 Å². The lowest BCUT2D eigenvalue weighted by atomic mass is 9.84. The predicted molar refractivity (Wildman–Crippen MR) is 46.0 cm³/mol. The van der Waals surface area contributed by atoms with E-state index in [1.54, 1.807) is 0 Å². The summed E-state index contributed by atoms with van der Waals surface area (Å²) < 4.78 is 0. The second-order valence-corrected chi connectivity index (χ2v) is 4.69. The number of hydrogen-bond acceptors (Lipinski definition) is 0. The van der Waals surface area contributed by atoms with Crippen LogP contribution in [0.4, 0.5) is 0 Å². The van der Waals surface area contributed by atoms with Crippen LogP contribution in [-0.2, 0) is 0 Å². The molecule has 10 heavy (non-hydrogen) atoms. The molecule has 2 atom stereocenters. The molecule has 0 aromatic carbocycles. The maximum atomic E-state index is 2.39. The van der Waals surface area contributed by atoms with Gasteiger partial charge in [-0.3, -0.25) is 0 Å². The summed E-state index contributed by atoms with van der Waals surface area (Å²) in [5, 5.41) is 0. The second-order valence-electron chi connectivity index (χ2n) is 4.69. The van der Waals surface area contributed by atoms with Crippen molar-refractivity contribution in [2.24, 2.45) is 17.3 Å². The fraction of sp³-hybridized carbons (Fsp3) is 1.00. The highest BCUT2D eigenvalue weighted by atomic mass is 14.4. The van der Waals surface area contributed by atoms with Crippen LogP contribution < -0.4 is 0 Å². The monoisotopic (exact) mass is 140 g/mol. The first-order valence-corrected chi connectivity index (χ1v) is 4.55. The van der Waals surface area contributed by atoms with Gasteiger partial charge >= 0.3 is 0 Å². The topological polar surface area (TPSA) is 0 Å². The van der Waals surface area contributed by atoms with Gasteiger partial charge in [0.25, 0.3) is 0 Å². The second kappa shape index (κ2) is 2.56. The third kappa shape index (κ3) is 2.00. The Morgan fingerprint density at radius 1 is 1.40 bits per heavy atom. The van der Waals surface area contributed by atoms with E-state index in [1.165, 1.54) is 19.3 Å². The maximum absolute atomic E-state index is 2.39. The summed E-state index contributed by atoms with van der Waals surface area (Å²) in [6.07, 6.45) is 4.27. The summed E-state index contributed by atoms with van der Waals surface area (Å²) in [5.41, 5.74) is 0.607. The SMILES string of the molecule is CCC(C)(C)CC1CC1C. The fourth-order valence-electron chi connectivity index (χ4n) is 1.54. The highest BCUT2D eigenvalue weighted by Gasteiger charge is 2.36. The molecule has 0 heteroatoms. The lowest BCUT2D eigenvalue weighted by molar-refractivity contribution is 0.297. The molecule has 0 saturated heterocycles. The first-order chi connectivity index (χ1) is 4.55. The highest BCUT2D eigenvalue weighted by Crippen LogP contribution is 2.46. The molecule has 1 fully saturated rings. The van der Waals surface area contributed by atoms with Crippen molar-refractivity contribution in [3.8, 4) is 0 Å². The molecule has 1 aliphatic carbocycles. The lowest BCUT2D eigenvalue weighted by Gasteiger charge is -2.22. The Hall–Kier alpha value is 0. The third-order valence-electron chi connectivity index (χ3n) is 3.05. The summed E-state index contributed by atoms with van der Waals surface area (Å²) in [7, 11) is 0. The molecule has 1 rings (SSSR count). The van der Waals surface area contributed by atoms with E-state index in [4.69, 9.17) is 0 Å². The van der Waals surface area contributed by atoms with Gasteiger partial charge in [0.1, 0.15) is 0 Å². The molecule has 1 saturated carbocycles. The minimum Gasteiger partial charge on any atom is -0.0649 e. The molecule has 0 bridgehead atoms. The van der Waals surface area contributed by atoms with E-state index in [0.29, 0.717) is 5.41 Å². The molecular formula is C10H20. The van der Waals surface area contributed by atoms with Crippen LogP contribution in [0.5, 0.6) is 0 Å². The van der Waals surface area contributed by atoms with Gasteiger partial charge in [-0.2, -0.15) is 0 Å². The van der Waals surface area contributed by atoms with E-state index in [1.807, 2.05) is 0 Å². The van der Waals surface area contributed by atoms with Crippen LogP contribution >= 0.6 is 0 Å². The molecule has 0 aromatic heterocycles. The number of rotatable bonds is 3. The van der Waals surface area contributed by atoms with Gasteiger partial charge in [-0.05, 0) is 30.1 Å². The van der Waals surface area contributed by atoms with Crippen LogP contribution in [0.2, 0.25) is 0 Å². The van der Waals surface area contributed by atoms with Crippen molar-refractivity contribution >= 4 is 0 Å². The average Bonchev–Trinajstić information content (AvgIpc) is 2.46. The van der Waals surface area contributed by atoms with Crippen molar-refractivity contribution in [3.63, 3.8) is 0 Å². The quantitative estimate of drug-likeness (QED) is 0.563. The van der Waals surface area contributed by atoms with Gasteiger partial charge in [0, 0.05) is 0 Å². The van der Waals surface area contributed by atoms with Gasteiger partial charge in [-0.25, -0.2) is 0 Å². The normalized spacial score (nSPS) is 32.4. The number of hydrogen-bond donors (Lipinski definition) is 0. The van der Waals surface area contributed by atoms with E-state index >= 15 is 0 Å². The third-order valence-corrected chi connectivity index (χ3v) is 3.05. The molecule has 0 spiro atoms. The molecule has 0 radical (unpaired) electrons. The Bertz CT molecular complexity index is 113. The average molecular weight is 140 g/mol. The Morgan fingerprint density at radius 2 is 1.90 bits per heavy atom. The fourth-order valence-corrected chi connectivity index (χ4v) is 1.54. The maximum Gasteiger partial charge on any atom is -0.0354 e. The zero-order valence-electron chi connectivity index (χ0n) is 7.78. The van der Waals surface area contributed by atoms with E-state index in [0.717, 1.165) is 11.8 Å². The molecule has 60 valence electrons. The van der Waals surface area contributed by atoms with Crippen LogP contribution in [0.25, 0.3) is 0 Å². The summed E-state index contributed by atoms with van der Waals surface area (Å²) in [6, 6.07) is 0.